The predicted octanol–water partition coefficient (Wildman–Crippen LogP) is 1.49. The molecule has 0 unspecified atom stereocenters. The van der Waals surface area contributed by atoms with E-state index in [4.69, 9.17) is 22.1 Å². The Labute approximate surface area is 195 Å². The Balaban J connectivity index is 1.90. The minimum atomic E-state index is -1.41. The van der Waals surface area contributed by atoms with Gasteiger partial charge in [0.15, 0.2) is 12.1 Å². The second-order valence-corrected chi connectivity index (χ2v) is 8.41. The third-order valence-corrected chi connectivity index (χ3v) is 6.01. The number of aromatic nitrogens is 3. The molecule has 1 saturated heterocycles. The van der Waals surface area contributed by atoms with E-state index in [0.717, 1.165) is 16.8 Å². The van der Waals surface area contributed by atoms with Gasteiger partial charge in [0, 0.05) is 18.2 Å². The van der Waals surface area contributed by atoms with Gasteiger partial charge in [-0.05, 0) is 31.3 Å². The Morgan fingerprint density at radius 1 is 1.12 bits per heavy atom. The van der Waals surface area contributed by atoms with Crippen LogP contribution in [-0.2, 0) is 9.53 Å². The molecule has 0 spiro atoms. The summed E-state index contributed by atoms with van der Waals surface area (Å²) in [5.41, 5.74) is 2.67. The quantitative estimate of drug-likeness (QED) is 0.417. The van der Waals surface area contributed by atoms with Crippen molar-refractivity contribution in [3.8, 4) is 17.1 Å². The molecule has 3 aromatic rings. The van der Waals surface area contributed by atoms with Crippen LogP contribution < -0.4 is 5.32 Å². The molecule has 1 aliphatic rings. The number of benzene rings is 2. The topological polar surface area (TPSA) is 122 Å². The van der Waals surface area contributed by atoms with Gasteiger partial charge in [0.25, 0.3) is 0 Å². The number of ether oxygens (including phenoxy) is 1. The number of aliphatic hydroxyl groups is 3. The standard InChI is InChI=1S/C23H26N4O5S/c1-13-8-10-15(11-9-13)21-25-27(23(33)26(21)16-6-4-3-5-7-16)22-18(24-14(2)29)20(31)19(30)17(12-28)32-22/h3-11,17-20,22,28,30-31H,12H2,1-2H3,(H,24,29)/t17-,18-,19-,20-,22-/m1/s1. The van der Waals surface area contributed by atoms with Crippen molar-refractivity contribution >= 4 is 18.1 Å². The highest BCUT2D eigenvalue weighted by molar-refractivity contribution is 7.71. The average Bonchev–Trinajstić information content (AvgIpc) is 3.15. The van der Waals surface area contributed by atoms with E-state index >= 15 is 0 Å². The van der Waals surface area contributed by atoms with Crippen molar-refractivity contribution in [1.82, 2.24) is 19.7 Å². The van der Waals surface area contributed by atoms with Crippen LogP contribution in [0.2, 0.25) is 0 Å². The molecule has 4 rings (SSSR count). The summed E-state index contributed by atoms with van der Waals surface area (Å²) in [6, 6.07) is 16.2. The molecular formula is C23H26N4O5S. The number of rotatable bonds is 5. The van der Waals surface area contributed by atoms with E-state index in [1.165, 1.54) is 11.6 Å². The molecule has 1 amide bonds. The number of carbonyl (C=O) groups is 1. The molecule has 0 radical (unpaired) electrons. The number of hydrogen-bond acceptors (Lipinski definition) is 7. The van der Waals surface area contributed by atoms with Gasteiger partial charge >= 0.3 is 0 Å². The lowest BCUT2D eigenvalue weighted by molar-refractivity contribution is -0.219. The molecule has 5 atom stereocenters. The molecular weight excluding hydrogens is 444 g/mol. The molecule has 0 saturated carbocycles. The molecule has 1 aromatic heterocycles. The lowest BCUT2D eigenvalue weighted by atomic mass is 9.96. The van der Waals surface area contributed by atoms with Crippen LogP contribution in [0.25, 0.3) is 17.1 Å². The second kappa shape index (κ2) is 9.54. The Morgan fingerprint density at radius 2 is 1.79 bits per heavy atom. The summed E-state index contributed by atoms with van der Waals surface area (Å²) in [5.74, 6) is 0.118. The van der Waals surface area contributed by atoms with Crippen LogP contribution in [-0.4, -0.2) is 66.5 Å². The smallest absolute Gasteiger partial charge is 0.217 e. The van der Waals surface area contributed by atoms with Crippen LogP contribution in [0.4, 0.5) is 0 Å². The van der Waals surface area contributed by atoms with Gasteiger partial charge in [-0.1, -0.05) is 48.0 Å². The van der Waals surface area contributed by atoms with Gasteiger partial charge in [-0.2, -0.15) is 0 Å². The van der Waals surface area contributed by atoms with Crippen molar-refractivity contribution in [3.63, 3.8) is 0 Å². The number of para-hydroxylation sites is 1. The first-order valence-corrected chi connectivity index (χ1v) is 11.0. The molecule has 9 nitrogen and oxygen atoms in total. The summed E-state index contributed by atoms with van der Waals surface area (Å²) in [4.78, 5) is 11.9. The van der Waals surface area contributed by atoms with E-state index in [-0.39, 0.29) is 4.77 Å². The van der Waals surface area contributed by atoms with Gasteiger partial charge < -0.3 is 25.4 Å². The summed E-state index contributed by atoms with van der Waals surface area (Å²) >= 11 is 5.78. The van der Waals surface area contributed by atoms with Crippen molar-refractivity contribution in [2.24, 2.45) is 0 Å². The van der Waals surface area contributed by atoms with Crippen molar-refractivity contribution in [3.05, 3.63) is 64.9 Å². The summed E-state index contributed by atoms with van der Waals surface area (Å²) in [6.45, 7) is 2.76. The van der Waals surface area contributed by atoms with Gasteiger partial charge in [-0.15, -0.1) is 5.10 Å². The maximum Gasteiger partial charge on any atom is 0.217 e. The number of nitrogens with zero attached hydrogens (tertiary/aromatic N) is 3. The Kier molecular flexibility index (Phi) is 6.73. The van der Waals surface area contributed by atoms with Crippen LogP contribution in [0.1, 0.15) is 18.7 Å². The van der Waals surface area contributed by atoms with E-state index in [1.54, 1.807) is 4.57 Å². The molecule has 2 heterocycles. The molecule has 1 aliphatic heterocycles. The number of aliphatic hydroxyl groups excluding tert-OH is 3. The van der Waals surface area contributed by atoms with Gasteiger partial charge in [0.05, 0.1) is 6.61 Å². The van der Waals surface area contributed by atoms with Crippen molar-refractivity contribution in [2.45, 2.75) is 44.4 Å². The highest BCUT2D eigenvalue weighted by Crippen LogP contribution is 2.31. The predicted molar refractivity (Wildman–Crippen MR) is 123 cm³/mol. The van der Waals surface area contributed by atoms with E-state index < -0.39 is 43.1 Å². The van der Waals surface area contributed by atoms with Gasteiger partial charge in [-0.25, -0.2) is 4.68 Å². The maximum atomic E-state index is 11.9. The normalized spacial score (nSPS) is 25.1. The van der Waals surface area contributed by atoms with Crippen LogP contribution in [0, 0.1) is 11.7 Å². The third kappa shape index (κ3) is 4.48. The maximum absolute atomic E-state index is 11.9. The van der Waals surface area contributed by atoms with E-state index in [0.29, 0.717) is 5.82 Å². The fraction of sp³-hybridized carbons (Fsp3) is 0.348. The summed E-state index contributed by atoms with van der Waals surface area (Å²) < 4.78 is 9.34. The Bertz CT molecular complexity index is 1180. The lowest BCUT2D eigenvalue weighted by Crippen LogP contribution is -2.62. The van der Waals surface area contributed by atoms with E-state index in [1.807, 2.05) is 61.5 Å². The number of nitrogens with one attached hydrogen (secondary N) is 1. The fourth-order valence-corrected chi connectivity index (χ4v) is 4.28. The Hall–Kier alpha value is -2.89. The zero-order chi connectivity index (χ0) is 23.7. The van der Waals surface area contributed by atoms with Gasteiger partial charge in [0.2, 0.25) is 10.7 Å². The molecule has 33 heavy (non-hydrogen) atoms. The zero-order valence-electron chi connectivity index (χ0n) is 18.2. The lowest BCUT2D eigenvalue weighted by Gasteiger charge is -2.42. The highest BCUT2D eigenvalue weighted by Gasteiger charge is 2.46. The minimum absolute atomic E-state index is 0.261. The first-order valence-electron chi connectivity index (χ1n) is 10.6. The molecule has 174 valence electrons. The zero-order valence-corrected chi connectivity index (χ0v) is 19.0. The molecule has 0 bridgehead atoms. The average molecular weight is 471 g/mol. The summed E-state index contributed by atoms with van der Waals surface area (Å²) in [5, 5.41) is 38.1. The van der Waals surface area contributed by atoms with Crippen LogP contribution in [0.15, 0.2) is 54.6 Å². The molecule has 1 fully saturated rings. The number of hydrogen-bond donors (Lipinski definition) is 4. The van der Waals surface area contributed by atoms with E-state index in [2.05, 4.69) is 5.32 Å². The van der Waals surface area contributed by atoms with Crippen LogP contribution in [0.3, 0.4) is 0 Å². The number of carbonyl (C=O) groups excluding carboxylic acids is 1. The summed E-state index contributed by atoms with van der Waals surface area (Å²) in [7, 11) is 0. The first kappa shape index (κ1) is 23.3. The van der Waals surface area contributed by atoms with Crippen LogP contribution >= 0.6 is 12.2 Å². The number of amides is 1. The van der Waals surface area contributed by atoms with E-state index in [9.17, 15) is 20.1 Å². The largest absolute Gasteiger partial charge is 0.394 e. The van der Waals surface area contributed by atoms with Gasteiger partial charge in [0.1, 0.15) is 24.4 Å². The SMILES string of the molecule is CC(=O)N[C@@H]1[C@@H](O)[C@H](O)[C@@H](CO)O[C@H]1n1nc(-c2ccc(C)cc2)n(-c2ccccc2)c1=S. The molecule has 10 heteroatoms. The first-order chi connectivity index (χ1) is 15.8. The molecule has 0 aliphatic carbocycles. The van der Waals surface area contributed by atoms with Crippen molar-refractivity contribution in [1.29, 1.82) is 0 Å². The van der Waals surface area contributed by atoms with Crippen LogP contribution in [0.5, 0.6) is 0 Å². The minimum Gasteiger partial charge on any atom is -0.394 e. The molecule has 4 N–H and O–H groups in total. The van der Waals surface area contributed by atoms with Crippen molar-refractivity contribution < 1.29 is 24.9 Å². The molecule has 2 aromatic carbocycles. The third-order valence-electron chi connectivity index (χ3n) is 5.64. The van der Waals surface area contributed by atoms with Crippen molar-refractivity contribution in [2.75, 3.05) is 6.61 Å². The highest BCUT2D eigenvalue weighted by atomic mass is 32.1. The monoisotopic (exact) mass is 470 g/mol. The summed E-state index contributed by atoms with van der Waals surface area (Å²) in [6.07, 6.45) is -4.95. The second-order valence-electron chi connectivity index (χ2n) is 8.04. The number of aryl methyl sites for hydroxylation is 1. The fourth-order valence-electron chi connectivity index (χ4n) is 3.95. The Morgan fingerprint density at radius 3 is 2.39 bits per heavy atom. The van der Waals surface area contributed by atoms with Gasteiger partial charge in [-0.3, -0.25) is 9.36 Å².